The van der Waals surface area contributed by atoms with Gasteiger partial charge in [-0.05, 0) is 31.4 Å². The van der Waals surface area contributed by atoms with Crippen molar-refractivity contribution in [2.75, 3.05) is 12.4 Å². The first kappa shape index (κ1) is 23.0. The number of ether oxygens (including phenoxy) is 1. The predicted octanol–water partition coefficient (Wildman–Crippen LogP) is 4.21. The number of thioether (sulfide) groups is 1. The number of allylic oxidation sites excluding steroid dienone is 1. The van der Waals surface area contributed by atoms with Crippen LogP contribution < -0.4 is 0 Å². The van der Waals surface area contributed by atoms with E-state index in [1.165, 1.54) is 23.9 Å². The van der Waals surface area contributed by atoms with Crippen molar-refractivity contribution in [1.82, 2.24) is 4.90 Å². The van der Waals surface area contributed by atoms with Crippen molar-refractivity contribution < 1.29 is 19.6 Å². The minimum Gasteiger partial charge on any atom is -0.463 e. The molecule has 4 rings (SSSR count). The van der Waals surface area contributed by atoms with Crippen LogP contribution in [0.3, 0.4) is 0 Å². The summed E-state index contributed by atoms with van der Waals surface area (Å²) >= 11 is 1.41. The van der Waals surface area contributed by atoms with E-state index in [4.69, 9.17) is 4.74 Å². The molecule has 0 amide bonds. The van der Waals surface area contributed by atoms with Crippen molar-refractivity contribution in [3.8, 4) is 0 Å². The summed E-state index contributed by atoms with van der Waals surface area (Å²) in [4.78, 5) is 30.3. The SMILES string of the molecule is CCOC(=O)C1=C(C)N=C2SCC(O)(CCc3ccccc3)N2C1c1cccc([N+](=O)[O-])c1. The number of carbonyl (C=O) groups is 1. The third kappa shape index (κ3) is 4.51. The summed E-state index contributed by atoms with van der Waals surface area (Å²) in [6.45, 7) is 3.62. The van der Waals surface area contributed by atoms with Crippen LogP contribution in [0.25, 0.3) is 0 Å². The lowest BCUT2D eigenvalue weighted by Gasteiger charge is -2.42. The lowest BCUT2D eigenvalue weighted by atomic mass is 9.91. The summed E-state index contributed by atoms with van der Waals surface area (Å²) in [6.07, 6.45) is 1.03. The summed E-state index contributed by atoms with van der Waals surface area (Å²) in [5.41, 5.74) is 0.990. The molecule has 2 unspecified atom stereocenters. The molecule has 0 aliphatic carbocycles. The van der Waals surface area contributed by atoms with Crippen LogP contribution in [0.5, 0.6) is 0 Å². The van der Waals surface area contributed by atoms with E-state index in [0.29, 0.717) is 35.0 Å². The zero-order valence-corrected chi connectivity index (χ0v) is 19.2. The summed E-state index contributed by atoms with van der Waals surface area (Å²) in [5, 5.41) is 23.8. The second-order valence-electron chi connectivity index (χ2n) is 8.00. The lowest BCUT2D eigenvalue weighted by Crippen LogP contribution is -2.52. The van der Waals surface area contributed by atoms with E-state index in [0.717, 1.165) is 5.56 Å². The van der Waals surface area contributed by atoms with Crippen LogP contribution in [0.15, 0.2) is 70.9 Å². The number of benzene rings is 2. The highest BCUT2D eigenvalue weighted by atomic mass is 32.2. The first-order valence-electron chi connectivity index (χ1n) is 10.7. The zero-order valence-electron chi connectivity index (χ0n) is 18.4. The number of carbonyl (C=O) groups excluding carboxylic acids is 1. The molecule has 1 fully saturated rings. The Morgan fingerprint density at radius 2 is 2.06 bits per heavy atom. The number of nitro benzene ring substituents is 1. The van der Waals surface area contributed by atoms with E-state index in [1.54, 1.807) is 30.9 Å². The van der Waals surface area contributed by atoms with Gasteiger partial charge in [-0.1, -0.05) is 54.2 Å². The van der Waals surface area contributed by atoms with Gasteiger partial charge in [0.05, 0.1) is 28.8 Å². The van der Waals surface area contributed by atoms with Gasteiger partial charge in [0.1, 0.15) is 5.72 Å². The fraction of sp³-hybridized carbons (Fsp3) is 0.333. The Labute approximate surface area is 196 Å². The van der Waals surface area contributed by atoms with E-state index < -0.39 is 22.7 Å². The molecule has 172 valence electrons. The number of hydrogen-bond donors (Lipinski definition) is 1. The third-order valence-electron chi connectivity index (χ3n) is 5.82. The zero-order chi connectivity index (χ0) is 23.6. The van der Waals surface area contributed by atoms with Crippen LogP contribution in [-0.4, -0.2) is 44.2 Å². The summed E-state index contributed by atoms with van der Waals surface area (Å²) in [5.74, 6) is -0.176. The van der Waals surface area contributed by atoms with E-state index in [-0.39, 0.29) is 17.9 Å². The normalized spacial score (nSPS) is 22.1. The van der Waals surface area contributed by atoms with E-state index >= 15 is 0 Å². The van der Waals surface area contributed by atoms with Gasteiger partial charge in [0.25, 0.3) is 5.69 Å². The van der Waals surface area contributed by atoms with Gasteiger partial charge in [-0.15, -0.1) is 0 Å². The quantitative estimate of drug-likeness (QED) is 0.369. The second kappa shape index (κ2) is 9.36. The number of nitrogens with zero attached hydrogens (tertiary/aromatic N) is 3. The molecule has 2 atom stereocenters. The Bertz CT molecular complexity index is 1130. The van der Waals surface area contributed by atoms with Crippen molar-refractivity contribution >= 4 is 28.6 Å². The maximum atomic E-state index is 13.0. The maximum absolute atomic E-state index is 13.0. The highest BCUT2D eigenvalue weighted by molar-refractivity contribution is 8.14. The van der Waals surface area contributed by atoms with E-state index in [1.807, 2.05) is 30.3 Å². The number of aryl methyl sites for hydroxylation is 1. The van der Waals surface area contributed by atoms with Gasteiger partial charge in [-0.25, -0.2) is 9.79 Å². The number of aliphatic imine (C=N–C) groups is 1. The summed E-state index contributed by atoms with van der Waals surface area (Å²) in [7, 11) is 0. The predicted molar refractivity (Wildman–Crippen MR) is 127 cm³/mol. The van der Waals surface area contributed by atoms with Crippen LogP contribution >= 0.6 is 11.8 Å². The van der Waals surface area contributed by atoms with Crippen molar-refractivity contribution in [2.45, 2.75) is 38.5 Å². The highest BCUT2D eigenvalue weighted by Crippen LogP contribution is 2.48. The van der Waals surface area contributed by atoms with Gasteiger partial charge in [0.15, 0.2) is 5.17 Å². The van der Waals surface area contributed by atoms with Crippen LogP contribution in [-0.2, 0) is 16.0 Å². The Morgan fingerprint density at radius 1 is 1.30 bits per heavy atom. The van der Waals surface area contributed by atoms with Gasteiger partial charge in [-0.3, -0.25) is 10.1 Å². The van der Waals surface area contributed by atoms with E-state index in [2.05, 4.69) is 4.99 Å². The Balaban J connectivity index is 1.78. The van der Waals surface area contributed by atoms with Crippen LogP contribution in [0.4, 0.5) is 5.69 Å². The first-order chi connectivity index (χ1) is 15.8. The molecule has 0 aromatic heterocycles. The fourth-order valence-corrected chi connectivity index (χ4v) is 5.50. The number of aliphatic hydroxyl groups is 1. The van der Waals surface area contributed by atoms with Crippen LogP contribution in [0.1, 0.15) is 37.4 Å². The number of rotatable bonds is 7. The number of fused-ring (bicyclic) bond motifs is 1. The Hall–Kier alpha value is -3.17. The highest BCUT2D eigenvalue weighted by Gasteiger charge is 2.51. The Kier molecular flexibility index (Phi) is 6.53. The molecular formula is C24H25N3O5S. The first-order valence-corrected chi connectivity index (χ1v) is 11.7. The monoisotopic (exact) mass is 467 g/mol. The molecule has 2 aliphatic heterocycles. The number of amidine groups is 1. The Morgan fingerprint density at radius 3 is 2.76 bits per heavy atom. The fourth-order valence-electron chi connectivity index (χ4n) is 4.24. The standard InChI is InChI=1S/C24H25N3O5S/c1-3-32-22(28)20-16(2)25-23-26(21(20)18-10-7-11-19(14-18)27(30)31)24(29,15-33-23)13-12-17-8-5-4-6-9-17/h4-11,14,21,29H,3,12-13,15H2,1-2H3. The molecular weight excluding hydrogens is 442 g/mol. The third-order valence-corrected chi connectivity index (χ3v) is 6.97. The molecule has 0 spiro atoms. The average molecular weight is 468 g/mol. The van der Waals surface area contributed by atoms with Crippen LogP contribution in [0.2, 0.25) is 0 Å². The molecule has 0 radical (unpaired) electrons. The molecule has 2 aliphatic rings. The van der Waals surface area contributed by atoms with Gasteiger partial charge in [0, 0.05) is 24.3 Å². The molecule has 0 saturated carbocycles. The van der Waals surface area contributed by atoms with Gasteiger partial charge in [0.2, 0.25) is 0 Å². The summed E-state index contributed by atoms with van der Waals surface area (Å²) < 4.78 is 5.31. The molecule has 1 saturated heterocycles. The number of nitro groups is 1. The van der Waals surface area contributed by atoms with Gasteiger partial charge >= 0.3 is 5.97 Å². The summed E-state index contributed by atoms with van der Waals surface area (Å²) in [6, 6.07) is 15.3. The number of esters is 1. The van der Waals surface area contributed by atoms with E-state index in [9.17, 15) is 20.0 Å². The lowest BCUT2D eigenvalue weighted by molar-refractivity contribution is -0.385. The second-order valence-corrected chi connectivity index (χ2v) is 8.94. The van der Waals surface area contributed by atoms with Crippen LogP contribution in [0, 0.1) is 10.1 Å². The van der Waals surface area contributed by atoms with Crippen molar-refractivity contribution in [1.29, 1.82) is 0 Å². The molecule has 1 N–H and O–H groups in total. The molecule has 2 aromatic rings. The minimum absolute atomic E-state index is 0.0860. The smallest absolute Gasteiger partial charge is 0.338 e. The van der Waals surface area contributed by atoms with Gasteiger partial charge in [-0.2, -0.15) is 0 Å². The van der Waals surface area contributed by atoms with Crippen molar-refractivity contribution in [2.24, 2.45) is 4.99 Å². The number of hydrogen-bond acceptors (Lipinski definition) is 8. The average Bonchev–Trinajstić information content (AvgIpc) is 3.14. The van der Waals surface area contributed by atoms with Gasteiger partial charge < -0.3 is 14.7 Å². The minimum atomic E-state index is -1.30. The molecule has 9 heteroatoms. The number of non-ortho nitro benzene ring substituents is 1. The van der Waals surface area contributed by atoms with Crippen molar-refractivity contribution in [3.05, 3.63) is 87.1 Å². The molecule has 2 aromatic carbocycles. The molecule has 8 nitrogen and oxygen atoms in total. The maximum Gasteiger partial charge on any atom is 0.338 e. The van der Waals surface area contributed by atoms with Crippen molar-refractivity contribution in [3.63, 3.8) is 0 Å². The largest absolute Gasteiger partial charge is 0.463 e. The molecule has 33 heavy (non-hydrogen) atoms. The molecule has 2 heterocycles. The topological polar surface area (TPSA) is 105 Å². The molecule has 0 bridgehead atoms.